The Morgan fingerprint density at radius 2 is 2.05 bits per heavy atom. The Morgan fingerprint density at radius 3 is 2.68 bits per heavy atom. The van der Waals surface area contributed by atoms with Crippen LogP contribution < -0.4 is 0 Å². The maximum absolute atomic E-state index is 11.2. The van der Waals surface area contributed by atoms with E-state index in [1.807, 2.05) is 48.1 Å². The molecule has 96 valence electrons. The van der Waals surface area contributed by atoms with Crippen LogP contribution in [0, 0.1) is 13.8 Å². The highest BCUT2D eigenvalue weighted by Crippen LogP contribution is 2.25. The molecular weight excluding hydrogens is 240 g/mol. The smallest absolute Gasteiger partial charge is 0.168 e. The second-order valence-corrected chi connectivity index (χ2v) is 4.56. The first-order valence-corrected chi connectivity index (χ1v) is 6.05. The molecule has 3 aromatic heterocycles. The van der Waals surface area contributed by atoms with Gasteiger partial charge in [-0.2, -0.15) is 0 Å². The first-order valence-electron chi connectivity index (χ1n) is 6.05. The number of nitrogens with zero attached hydrogens (tertiary/aromatic N) is 4. The summed E-state index contributed by atoms with van der Waals surface area (Å²) >= 11 is 0. The second kappa shape index (κ2) is 4.05. The predicted molar refractivity (Wildman–Crippen MR) is 72.3 cm³/mol. The van der Waals surface area contributed by atoms with Crippen molar-refractivity contribution >= 4 is 11.9 Å². The van der Waals surface area contributed by atoms with Crippen molar-refractivity contribution in [2.75, 3.05) is 0 Å². The maximum atomic E-state index is 11.2. The number of hydrogen-bond acceptors (Lipinski definition) is 3. The molecule has 0 atom stereocenters. The third kappa shape index (κ3) is 1.58. The van der Waals surface area contributed by atoms with E-state index in [-0.39, 0.29) is 0 Å². The SMILES string of the molecule is Cc1nc(C)n(C)c1-c1cccc2ncc(C=O)n12. The van der Waals surface area contributed by atoms with Gasteiger partial charge in [0.25, 0.3) is 0 Å². The highest BCUT2D eigenvalue weighted by molar-refractivity contribution is 5.77. The van der Waals surface area contributed by atoms with Gasteiger partial charge in [0.2, 0.25) is 0 Å². The highest BCUT2D eigenvalue weighted by atomic mass is 16.1. The van der Waals surface area contributed by atoms with Gasteiger partial charge in [0, 0.05) is 7.05 Å². The van der Waals surface area contributed by atoms with Gasteiger partial charge in [-0.3, -0.25) is 9.20 Å². The lowest BCUT2D eigenvalue weighted by Gasteiger charge is -2.09. The van der Waals surface area contributed by atoms with Gasteiger partial charge in [-0.1, -0.05) is 6.07 Å². The van der Waals surface area contributed by atoms with Gasteiger partial charge in [0.1, 0.15) is 17.2 Å². The summed E-state index contributed by atoms with van der Waals surface area (Å²) in [6.45, 7) is 3.93. The van der Waals surface area contributed by atoms with Crippen LogP contribution in [0.4, 0.5) is 0 Å². The lowest BCUT2D eigenvalue weighted by atomic mass is 10.2. The molecule has 0 aliphatic rings. The molecular formula is C14H14N4O. The minimum Gasteiger partial charge on any atom is -0.330 e. The molecule has 0 unspecified atom stereocenters. The highest BCUT2D eigenvalue weighted by Gasteiger charge is 2.15. The first-order chi connectivity index (χ1) is 9.13. The Morgan fingerprint density at radius 1 is 1.26 bits per heavy atom. The molecule has 3 heterocycles. The number of carbonyl (C=O) groups excluding carboxylic acids is 1. The van der Waals surface area contributed by atoms with E-state index < -0.39 is 0 Å². The zero-order chi connectivity index (χ0) is 13.6. The molecule has 3 aromatic rings. The van der Waals surface area contributed by atoms with Gasteiger partial charge in [-0.25, -0.2) is 9.97 Å². The van der Waals surface area contributed by atoms with Crippen LogP contribution in [-0.4, -0.2) is 25.2 Å². The standard InChI is InChI=1S/C14H14N4O/c1-9-14(17(3)10(2)16-9)12-5-4-6-13-15-7-11(8-19)18(12)13/h4-8H,1-3H3. The summed E-state index contributed by atoms with van der Waals surface area (Å²) in [7, 11) is 1.97. The summed E-state index contributed by atoms with van der Waals surface area (Å²) in [6, 6.07) is 5.80. The second-order valence-electron chi connectivity index (χ2n) is 4.56. The number of carbonyl (C=O) groups is 1. The van der Waals surface area contributed by atoms with Gasteiger partial charge < -0.3 is 4.57 Å². The van der Waals surface area contributed by atoms with Crippen LogP contribution in [0.25, 0.3) is 17.0 Å². The third-order valence-corrected chi connectivity index (χ3v) is 3.41. The third-order valence-electron chi connectivity index (χ3n) is 3.41. The summed E-state index contributed by atoms with van der Waals surface area (Å²) in [5.74, 6) is 0.942. The fourth-order valence-electron chi connectivity index (χ4n) is 2.46. The van der Waals surface area contributed by atoms with Crippen molar-refractivity contribution in [1.29, 1.82) is 0 Å². The van der Waals surface area contributed by atoms with Crippen molar-refractivity contribution in [3.8, 4) is 11.4 Å². The lowest BCUT2D eigenvalue weighted by molar-refractivity contribution is 0.111. The molecule has 0 fully saturated rings. The summed E-state index contributed by atoms with van der Waals surface area (Å²) in [4.78, 5) is 19.9. The van der Waals surface area contributed by atoms with Gasteiger partial charge in [0.15, 0.2) is 6.29 Å². The molecule has 0 saturated carbocycles. The predicted octanol–water partition coefficient (Wildman–Crippen LogP) is 2.16. The molecule has 3 rings (SSSR count). The van der Waals surface area contributed by atoms with Crippen molar-refractivity contribution in [3.63, 3.8) is 0 Å². The van der Waals surface area contributed by atoms with Crippen LogP contribution in [0.1, 0.15) is 22.0 Å². The van der Waals surface area contributed by atoms with Crippen LogP contribution in [0.3, 0.4) is 0 Å². The zero-order valence-electron chi connectivity index (χ0n) is 11.1. The Balaban J connectivity index is 2.42. The number of aldehydes is 1. The molecule has 0 radical (unpaired) electrons. The molecule has 5 nitrogen and oxygen atoms in total. The molecule has 5 heteroatoms. The van der Waals surface area contributed by atoms with E-state index in [9.17, 15) is 4.79 Å². The number of rotatable bonds is 2. The lowest BCUT2D eigenvalue weighted by Crippen LogP contribution is -2.02. The van der Waals surface area contributed by atoms with E-state index in [4.69, 9.17) is 0 Å². The van der Waals surface area contributed by atoms with Gasteiger partial charge >= 0.3 is 0 Å². The molecule has 0 aliphatic carbocycles. The molecule has 0 bridgehead atoms. The Kier molecular flexibility index (Phi) is 2.48. The monoisotopic (exact) mass is 254 g/mol. The Bertz CT molecular complexity index is 782. The van der Waals surface area contributed by atoms with E-state index in [0.29, 0.717) is 5.69 Å². The number of fused-ring (bicyclic) bond motifs is 1. The topological polar surface area (TPSA) is 52.2 Å². The van der Waals surface area contributed by atoms with Crippen LogP contribution in [0.5, 0.6) is 0 Å². The average molecular weight is 254 g/mol. The summed E-state index contributed by atoms with van der Waals surface area (Å²) in [5, 5.41) is 0. The summed E-state index contributed by atoms with van der Waals surface area (Å²) < 4.78 is 3.88. The van der Waals surface area contributed by atoms with Gasteiger partial charge in [-0.05, 0) is 26.0 Å². The molecule has 19 heavy (non-hydrogen) atoms. The zero-order valence-corrected chi connectivity index (χ0v) is 11.1. The van der Waals surface area contributed by atoms with E-state index in [2.05, 4.69) is 9.97 Å². The van der Waals surface area contributed by atoms with E-state index in [1.54, 1.807) is 6.20 Å². The average Bonchev–Trinajstić information content (AvgIpc) is 2.92. The fraction of sp³-hybridized carbons (Fsp3) is 0.214. The quantitative estimate of drug-likeness (QED) is 0.658. The minimum atomic E-state index is 0.545. The molecule has 0 spiro atoms. The van der Waals surface area contributed by atoms with Crippen LogP contribution in [0.15, 0.2) is 24.4 Å². The summed E-state index contributed by atoms with van der Waals surface area (Å²) in [6.07, 6.45) is 2.41. The molecule has 0 N–H and O–H groups in total. The Labute approximate surface area is 110 Å². The van der Waals surface area contributed by atoms with Crippen molar-refractivity contribution in [2.45, 2.75) is 13.8 Å². The van der Waals surface area contributed by atoms with Crippen LogP contribution >= 0.6 is 0 Å². The minimum absolute atomic E-state index is 0.545. The van der Waals surface area contributed by atoms with Crippen molar-refractivity contribution in [1.82, 2.24) is 18.9 Å². The first kappa shape index (κ1) is 11.6. The number of imidazole rings is 2. The Hall–Kier alpha value is -2.43. The molecule has 0 amide bonds. The van der Waals surface area contributed by atoms with E-state index in [0.717, 1.165) is 34.8 Å². The molecule has 0 saturated heterocycles. The molecule has 0 aliphatic heterocycles. The van der Waals surface area contributed by atoms with Crippen molar-refractivity contribution in [2.24, 2.45) is 7.05 Å². The summed E-state index contributed by atoms with van der Waals surface area (Å²) in [5.41, 5.74) is 4.18. The van der Waals surface area contributed by atoms with E-state index >= 15 is 0 Å². The van der Waals surface area contributed by atoms with E-state index in [1.165, 1.54) is 0 Å². The largest absolute Gasteiger partial charge is 0.330 e. The number of aromatic nitrogens is 4. The number of pyridine rings is 1. The number of hydrogen-bond donors (Lipinski definition) is 0. The van der Waals surface area contributed by atoms with Gasteiger partial charge in [0.05, 0.1) is 23.3 Å². The normalized spacial score (nSPS) is 11.1. The van der Waals surface area contributed by atoms with Crippen LogP contribution in [0.2, 0.25) is 0 Å². The maximum Gasteiger partial charge on any atom is 0.168 e. The van der Waals surface area contributed by atoms with Crippen LogP contribution in [-0.2, 0) is 7.05 Å². The van der Waals surface area contributed by atoms with Crippen molar-refractivity contribution in [3.05, 3.63) is 41.6 Å². The van der Waals surface area contributed by atoms with Crippen molar-refractivity contribution < 1.29 is 4.79 Å². The molecule has 0 aromatic carbocycles. The fourth-order valence-corrected chi connectivity index (χ4v) is 2.46. The van der Waals surface area contributed by atoms with Gasteiger partial charge in [-0.15, -0.1) is 0 Å². The number of aryl methyl sites for hydroxylation is 2.